The van der Waals surface area contributed by atoms with Crippen molar-refractivity contribution in [1.29, 1.82) is 0 Å². The van der Waals surface area contributed by atoms with Crippen LogP contribution in [0.4, 0.5) is 4.39 Å². The summed E-state index contributed by atoms with van der Waals surface area (Å²) in [7, 11) is 1.77. The summed E-state index contributed by atoms with van der Waals surface area (Å²) >= 11 is 0. The van der Waals surface area contributed by atoms with Crippen molar-refractivity contribution in [1.82, 2.24) is 9.78 Å². The highest BCUT2D eigenvalue weighted by atomic mass is 19.1. The summed E-state index contributed by atoms with van der Waals surface area (Å²) in [4.78, 5) is 12.2. The fraction of sp³-hybridized carbons (Fsp3) is 0.231. The zero-order valence-electron chi connectivity index (χ0n) is 9.99. The molecule has 1 aromatic heterocycles. The molecular formula is C13H13FN2O. The number of carbonyl (C=O) groups excluding carboxylic acids is 1. The van der Waals surface area contributed by atoms with Crippen molar-refractivity contribution in [3.63, 3.8) is 0 Å². The van der Waals surface area contributed by atoms with Crippen molar-refractivity contribution in [2.75, 3.05) is 0 Å². The van der Waals surface area contributed by atoms with Crippen molar-refractivity contribution in [3.05, 3.63) is 52.6 Å². The Morgan fingerprint density at radius 3 is 2.53 bits per heavy atom. The molecule has 0 saturated heterocycles. The van der Waals surface area contributed by atoms with Crippen molar-refractivity contribution >= 4 is 5.78 Å². The van der Waals surface area contributed by atoms with Crippen LogP contribution in [0.3, 0.4) is 0 Å². The number of carbonyl (C=O) groups is 1. The van der Waals surface area contributed by atoms with E-state index < -0.39 is 5.82 Å². The van der Waals surface area contributed by atoms with Gasteiger partial charge >= 0.3 is 0 Å². The number of rotatable bonds is 2. The van der Waals surface area contributed by atoms with Gasteiger partial charge < -0.3 is 0 Å². The van der Waals surface area contributed by atoms with Gasteiger partial charge in [-0.2, -0.15) is 5.10 Å². The molecule has 17 heavy (non-hydrogen) atoms. The standard InChI is InChI=1S/C13H13FN2O/c1-8-4-10(6-11(14)5-8)13(17)12-7-15-16(3)9(12)2/h4-7H,1-3H3. The Hall–Kier alpha value is -1.97. The molecule has 0 fully saturated rings. The smallest absolute Gasteiger partial charge is 0.196 e. The van der Waals surface area contributed by atoms with Crippen LogP contribution in [-0.2, 0) is 7.05 Å². The first-order chi connectivity index (χ1) is 7.99. The van der Waals surface area contributed by atoms with Crippen LogP contribution in [0.5, 0.6) is 0 Å². The van der Waals surface area contributed by atoms with E-state index in [1.54, 1.807) is 24.7 Å². The zero-order valence-corrected chi connectivity index (χ0v) is 9.99. The fourth-order valence-corrected chi connectivity index (χ4v) is 1.74. The van der Waals surface area contributed by atoms with E-state index in [0.717, 1.165) is 11.3 Å². The zero-order chi connectivity index (χ0) is 12.6. The molecule has 0 atom stereocenters. The van der Waals surface area contributed by atoms with Crippen molar-refractivity contribution in [2.24, 2.45) is 7.05 Å². The second kappa shape index (κ2) is 4.13. The van der Waals surface area contributed by atoms with Gasteiger partial charge in [0.1, 0.15) is 5.82 Å². The average Bonchev–Trinajstić information content (AvgIpc) is 2.57. The Morgan fingerprint density at radius 2 is 2.00 bits per heavy atom. The lowest BCUT2D eigenvalue weighted by molar-refractivity contribution is 0.103. The van der Waals surface area contributed by atoms with Gasteiger partial charge in [0.25, 0.3) is 0 Å². The highest BCUT2D eigenvalue weighted by Crippen LogP contribution is 2.15. The molecule has 0 unspecified atom stereocenters. The summed E-state index contributed by atoms with van der Waals surface area (Å²) < 4.78 is 14.9. The van der Waals surface area contributed by atoms with Gasteiger partial charge in [0, 0.05) is 18.3 Å². The number of aromatic nitrogens is 2. The predicted octanol–water partition coefficient (Wildman–Crippen LogP) is 2.41. The molecule has 3 nitrogen and oxygen atoms in total. The summed E-state index contributed by atoms with van der Waals surface area (Å²) in [5, 5.41) is 4.01. The molecule has 0 N–H and O–H groups in total. The van der Waals surface area contributed by atoms with Crippen LogP contribution in [0, 0.1) is 19.7 Å². The summed E-state index contributed by atoms with van der Waals surface area (Å²) in [6.45, 7) is 3.57. The quantitative estimate of drug-likeness (QED) is 0.745. The van der Waals surface area contributed by atoms with Crippen LogP contribution < -0.4 is 0 Å². The molecular weight excluding hydrogens is 219 g/mol. The second-order valence-corrected chi connectivity index (χ2v) is 4.11. The Balaban J connectivity index is 2.47. The number of ketones is 1. The first-order valence-corrected chi connectivity index (χ1v) is 5.29. The monoisotopic (exact) mass is 232 g/mol. The van der Waals surface area contributed by atoms with Crippen LogP contribution in [0.2, 0.25) is 0 Å². The van der Waals surface area contributed by atoms with E-state index in [1.165, 1.54) is 18.3 Å². The molecule has 1 heterocycles. The number of halogens is 1. The lowest BCUT2D eigenvalue weighted by Gasteiger charge is -2.02. The second-order valence-electron chi connectivity index (χ2n) is 4.11. The molecule has 0 aliphatic heterocycles. The molecule has 0 spiro atoms. The van der Waals surface area contributed by atoms with E-state index in [0.29, 0.717) is 11.1 Å². The summed E-state index contributed by atoms with van der Waals surface area (Å²) in [6.07, 6.45) is 1.51. The molecule has 0 saturated carbocycles. The number of benzene rings is 1. The fourth-order valence-electron chi connectivity index (χ4n) is 1.74. The molecule has 88 valence electrons. The van der Waals surface area contributed by atoms with Gasteiger partial charge in [-0.3, -0.25) is 9.48 Å². The average molecular weight is 232 g/mol. The van der Waals surface area contributed by atoms with E-state index in [-0.39, 0.29) is 5.78 Å². The summed E-state index contributed by atoms with van der Waals surface area (Å²) in [6, 6.07) is 4.33. The molecule has 2 aromatic rings. The maximum absolute atomic E-state index is 13.2. The van der Waals surface area contributed by atoms with Crippen LogP contribution in [-0.4, -0.2) is 15.6 Å². The molecule has 0 bridgehead atoms. The molecule has 0 radical (unpaired) electrons. The molecule has 2 rings (SSSR count). The molecule has 0 amide bonds. The van der Waals surface area contributed by atoms with Crippen molar-refractivity contribution in [3.8, 4) is 0 Å². The van der Waals surface area contributed by atoms with Gasteiger partial charge in [0.15, 0.2) is 5.78 Å². The van der Waals surface area contributed by atoms with Crippen LogP contribution in [0.25, 0.3) is 0 Å². The molecule has 0 aliphatic carbocycles. The van der Waals surface area contributed by atoms with E-state index in [1.807, 2.05) is 6.92 Å². The molecule has 1 aromatic carbocycles. The minimum Gasteiger partial charge on any atom is -0.288 e. The van der Waals surface area contributed by atoms with Gasteiger partial charge in [0.05, 0.1) is 11.8 Å². The van der Waals surface area contributed by atoms with Gasteiger partial charge in [-0.15, -0.1) is 0 Å². The third-order valence-corrected chi connectivity index (χ3v) is 2.78. The minimum absolute atomic E-state index is 0.196. The Labute approximate surface area is 98.9 Å². The predicted molar refractivity (Wildman–Crippen MR) is 62.5 cm³/mol. The lowest BCUT2D eigenvalue weighted by atomic mass is 10.0. The topological polar surface area (TPSA) is 34.9 Å². The third-order valence-electron chi connectivity index (χ3n) is 2.78. The van der Waals surface area contributed by atoms with Gasteiger partial charge in [-0.05, 0) is 37.6 Å². The van der Waals surface area contributed by atoms with E-state index in [4.69, 9.17) is 0 Å². The molecule has 4 heteroatoms. The van der Waals surface area contributed by atoms with Gasteiger partial charge in [-0.25, -0.2) is 4.39 Å². The van der Waals surface area contributed by atoms with Gasteiger partial charge in [0.2, 0.25) is 0 Å². The Morgan fingerprint density at radius 1 is 1.29 bits per heavy atom. The van der Waals surface area contributed by atoms with E-state index >= 15 is 0 Å². The summed E-state index contributed by atoms with van der Waals surface area (Å²) in [5.41, 5.74) is 2.38. The normalized spacial score (nSPS) is 10.6. The van der Waals surface area contributed by atoms with Gasteiger partial charge in [-0.1, -0.05) is 0 Å². The SMILES string of the molecule is Cc1cc(F)cc(C(=O)c2cnn(C)c2C)c1. The Kier molecular flexibility index (Phi) is 2.79. The maximum Gasteiger partial charge on any atom is 0.196 e. The van der Waals surface area contributed by atoms with Crippen molar-refractivity contribution in [2.45, 2.75) is 13.8 Å². The van der Waals surface area contributed by atoms with Crippen LogP contribution >= 0.6 is 0 Å². The van der Waals surface area contributed by atoms with E-state index in [9.17, 15) is 9.18 Å². The largest absolute Gasteiger partial charge is 0.288 e. The number of hydrogen-bond acceptors (Lipinski definition) is 2. The highest BCUT2D eigenvalue weighted by molar-refractivity contribution is 6.09. The minimum atomic E-state index is -0.394. The highest BCUT2D eigenvalue weighted by Gasteiger charge is 2.15. The maximum atomic E-state index is 13.2. The van der Waals surface area contributed by atoms with Crippen LogP contribution in [0.15, 0.2) is 24.4 Å². The Bertz CT molecular complexity index is 567. The summed E-state index contributed by atoms with van der Waals surface area (Å²) in [5.74, 6) is -0.590. The number of nitrogens with zero attached hydrogens (tertiary/aromatic N) is 2. The van der Waals surface area contributed by atoms with Crippen molar-refractivity contribution < 1.29 is 9.18 Å². The van der Waals surface area contributed by atoms with E-state index in [2.05, 4.69) is 5.10 Å². The number of aryl methyl sites for hydroxylation is 2. The van der Waals surface area contributed by atoms with Crippen LogP contribution in [0.1, 0.15) is 27.2 Å². The first-order valence-electron chi connectivity index (χ1n) is 5.29. The third kappa shape index (κ3) is 2.11. The molecule has 0 aliphatic rings. The lowest BCUT2D eigenvalue weighted by Crippen LogP contribution is -2.04. The first kappa shape index (κ1) is 11.5. The number of hydrogen-bond donors (Lipinski definition) is 0.